The van der Waals surface area contributed by atoms with Gasteiger partial charge in [0, 0.05) is 16.7 Å². The summed E-state index contributed by atoms with van der Waals surface area (Å²) in [6.45, 7) is 2.33. The van der Waals surface area contributed by atoms with Gasteiger partial charge in [0.2, 0.25) is 0 Å². The Labute approximate surface area is 127 Å². The number of benzene rings is 2. The van der Waals surface area contributed by atoms with E-state index >= 15 is 0 Å². The highest BCUT2D eigenvalue weighted by molar-refractivity contribution is 6.34. The lowest BCUT2D eigenvalue weighted by Crippen LogP contribution is -2.14. The second-order valence-corrected chi connectivity index (χ2v) is 5.05. The van der Waals surface area contributed by atoms with Gasteiger partial charge in [0.25, 0.3) is 0 Å². The second kappa shape index (κ2) is 6.44. The van der Waals surface area contributed by atoms with Crippen molar-refractivity contribution < 1.29 is 9.13 Å². The first kappa shape index (κ1) is 15.1. The Hall–Kier alpha value is -1.29. The minimum Gasteiger partial charge on any atom is -0.492 e. The standard InChI is InChI=1S/C15H14Cl2FNO/c1-2-20-14-8-11(16)10(7-12(14)17)15(19)9-5-3-4-6-13(9)18/h3-8,15H,2,19H2,1H3. The van der Waals surface area contributed by atoms with Crippen molar-refractivity contribution in [2.45, 2.75) is 13.0 Å². The Bertz CT molecular complexity index is 619. The van der Waals surface area contributed by atoms with E-state index in [1.165, 1.54) is 6.07 Å². The zero-order valence-electron chi connectivity index (χ0n) is 10.9. The molecule has 0 fully saturated rings. The third-order valence-electron chi connectivity index (χ3n) is 2.93. The molecule has 0 spiro atoms. The third-order valence-corrected chi connectivity index (χ3v) is 3.55. The average Bonchev–Trinajstić information content (AvgIpc) is 2.42. The lowest BCUT2D eigenvalue weighted by molar-refractivity contribution is 0.340. The number of hydrogen-bond donors (Lipinski definition) is 1. The summed E-state index contributed by atoms with van der Waals surface area (Å²) in [6, 6.07) is 8.85. The van der Waals surface area contributed by atoms with Gasteiger partial charge in [0.05, 0.1) is 17.7 Å². The minimum absolute atomic E-state index is 0.370. The van der Waals surface area contributed by atoms with E-state index in [0.717, 1.165) is 0 Å². The molecule has 0 aliphatic rings. The molecule has 2 aromatic carbocycles. The lowest BCUT2D eigenvalue weighted by atomic mass is 9.99. The first-order chi connectivity index (χ1) is 9.54. The van der Waals surface area contributed by atoms with Crippen molar-refractivity contribution >= 4 is 23.2 Å². The van der Waals surface area contributed by atoms with Gasteiger partial charge in [-0.25, -0.2) is 4.39 Å². The van der Waals surface area contributed by atoms with Crippen LogP contribution >= 0.6 is 23.2 Å². The molecule has 2 aromatic rings. The number of ether oxygens (including phenoxy) is 1. The molecule has 0 saturated carbocycles. The van der Waals surface area contributed by atoms with Crippen LogP contribution in [0, 0.1) is 5.82 Å². The maximum Gasteiger partial charge on any atom is 0.139 e. The van der Waals surface area contributed by atoms with E-state index in [0.29, 0.717) is 33.5 Å². The van der Waals surface area contributed by atoms with Crippen LogP contribution in [0.25, 0.3) is 0 Å². The highest BCUT2D eigenvalue weighted by Gasteiger charge is 2.18. The molecule has 0 bridgehead atoms. The van der Waals surface area contributed by atoms with Gasteiger partial charge in [-0.1, -0.05) is 41.4 Å². The lowest BCUT2D eigenvalue weighted by Gasteiger charge is -2.17. The fraction of sp³-hybridized carbons (Fsp3) is 0.200. The number of rotatable bonds is 4. The Morgan fingerprint density at radius 2 is 1.85 bits per heavy atom. The van der Waals surface area contributed by atoms with Crippen LogP contribution < -0.4 is 10.5 Å². The summed E-state index contributed by atoms with van der Waals surface area (Å²) < 4.78 is 19.1. The van der Waals surface area contributed by atoms with Crippen molar-refractivity contribution in [2.24, 2.45) is 5.73 Å². The summed E-state index contributed by atoms with van der Waals surface area (Å²) in [5.41, 5.74) is 7.02. The molecule has 1 atom stereocenters. The fourth-order valence-corrected chi connectivity index (χ4v) is 2.44. The molecule has 2 N–H and O–H groups in total. The number of hydrogen-bond acceptors (Lipinski definition) is 2. The zero-order chi connectivity index (χ0) is 14.7. The van der Waals surface area contributed by atoms with Crippen LogP contribution in [0.1, 0.15) is 24.1 Å². The zero-order valence-corrected chi connectivity index (χ0v) is 12.4. The minimum atomic E-state index is -0.683. The van der Waals surface area contributed by atoms with E-state index in [2.05, 4.69) is 0 Å². The van der Waals surface area contributed by atoms with Crippen LogP contribution in [0.3, 0.4) is 0 Å². The maximum atomic E-state index is 13.8. The van der Waals surface area contributed by atoms with Gasteiger partial charge in [0.15, 0.2) is 0 Å². The smallest absolute Gasteiger partial charge is 0.139 e. The van der Waals surface area contributed by atoms with E-state index in [9.17, 15) is 4.39 Å². The van der Waals surface area contributed by atoms with E-state index in [1.807, 2.05) is 6.92 Å². The van der Waals surface area contributed by atoms with Crippen LogP contribution in [0.2, 0.25) is 10.0 Å². The van der Waals surface area contributed by atoms with Crippen LogP contribution in [-0.4, -0.2) is 6.61 Å². The van der Waals surface area contributed by atoms with Crippen molar-refractivity contribution in [3.05, 3.63) is 63.4 Å². The molecule has 1 unspecified atom stereocenters. The molecular weight excluding hydrogens is 300 g/mol. The first-order valence-corrected chi connectivity index (χ1v) is 6.92. The largest absolute Gasteiger partial charge is 0.492 e. The van der Waals surface area contributed by atoms with Crippen molar-refractivity contribution in [2.75, 3.05) is 6.61 Å². The quantitative estimate of drug-likeness (QED) is 0.896. The van der Waals surface area contributed by atoms with Crippen molar-refractivity contribution in [3.63, 3.8) is 0 Å². The predicted octanol–water partition coefficient (Wildman–Crippen LogP) is 4.58. The summed E-state index contributed by atoms with van der Waals surface area (Å²) in [4.78, 5) is 0. The topological polar surface area (TPSA) is 35.2 Å². The van der Waals surface area contributed by atoms with Crippen LogP contribution in [0.5, 0.6) is 5.75 Å². The van der Waals surface area contributed by atoms with E-state index < -0.39 is 6.04 Å². The number of halogens is 3. The van der Waals surface area contributed by atoms with Crippen molar-refractivity contribution in [3.8, 4) is 5.75 Å². The first-order valence-electron chi connectivity index (χ1n) is 6.16. The summed E-state index contributed by atoms with van der Waals surface area (Å²) in [6.07, 6.45) is 0. The van der Waals surface area contributed by atoms with E-state index in [-0.39, 0.29) is 5.82 Å². The highest BCUT2D eigenvalue weighted by atomic mass is 35.5. The Kier molecular flexibility index (Phi) is 4.86. The fourth-order valence-electron chi connectivity index (χ4n) is 1.94. The molecule has 0 aliphatic heterocycles. The normalized spacial score (nSPS) is 12.2. The summed E-state index contributed by atoms with van der Waals surface area (Å²) >= 11 is 12.3. The van der Waals surface area contributed by atoms with E-state index in [4.69, 9.17) is 33.7 Å². The molecule has 106 valence electrons. The SMILES string of the molecule is CCOc1cc(Cl)c(C(N)c2ccccc2F)cc1Cl. The third kappa shape index (κ3) is 3.06. The molecule has 0 aromatic heterocycles. The van der Waals surface area contributed by atoms with Gasteiger partial charge in [-0.2, -0.15) is 0 Å². The molecule has 2 nitrogen and oxygen atoms in total. The van der Waals surface area contributed by atoms with E-state index in [1.54, 1.807) is 30.3 Å². The molecule has 0 radical (unpaired) electrons. The Morgan fingerprint density at radius 1 is 1.15 bits per heavy atom. The molecule has 0 saturated heterocycles. The van der Waals surface area contributed by atoms with Crippen LogP contribution in [-0.2, 0) is 0 Å². The van der Waals surface area contributed by atoms with Crippen molar-refractivity contribution in [1.29, 1.82) is 0 Å². The van der Waals surface area contributed by atoms with Crippen LogP contribution in [0.4, 0.5) is 4.39 Å². The second-order valence-electron chi connectivity index (χ2n) is 4.24. The molecule has 0 amide bonds. The molecule has 2 rings (SSSR count). The average molecular weight is 314 g/mol. The van der Waals surface area contributed by atoms with Gasteiger partial charge >= 0.3 is 0 Å². The predicted molar refractivity (Wildman–Crippen MR) is 80.1 cm³/mol. The van der Waals surface area contributed by atoms with Crippen LogP contribution in [0.15, 0.2) is 36.4 Å². The monoisotopic (exact) mass is 313 g/mol. The molecule has 0 aliphatic carbocycles. The molecule has 20 heavy (non-hydrogen) atoms. The molecular formula is C15H14Cl2FNO. The summed E-state index contributed by atoms with van der Waals surface area (Å²) in [5, 5.41) is 0.798. The number of nitrogens with two attached hydrogens (primary N) is 1. The van der Waals surface area contributed by atoms with Gasteiger partial charge in [-0.15, -0.1) is 0 Å². The molecule has 0 heterocycles. The Balaban J connectivity index is 2.43. The van der Waals surface area contributed by atoms with Crippen molar-refractivity contribution in [1.82, 2.24) is 0 Å². The summed E-state index contributed by atoms with van der Waals surface area (Å²) in [5.74, 6) is 0.115. The van der Waals surface area contributed by atoms with Gasteiger partial charge in [0.1, 0.15) is 11.6 Å². The molecule has 5 heteroatoms. The summed E-state index contributed by atoms with van der Waals surface area (Å²) in [7, 11) is 0. The van der Waals surface area contributed by atoms with Gasteiger partial charge < -0.3 is 10.5 Å². The Morgan fingerprint density at radius 3 is 2.50 bits per heavy atom. The highest BCUT2D eigenvalue weighted by Crippen LogP contribution is 2.35. The van der Waals surface area contributed by atoms with Gasteiger partial charge in [-0.3, -0.25) is 0 Å². The maximum absolute atomic E-state index is 13.8. The van der Waals surface area contributed by atoms with Gasteiger partial charge in [-0.05, 0) is 24.6 Å².